The predicted octanol–water partition coefficient (Wildman–Crippen LogP) is 2.40. The zero-order valence-corrected chi connectivity index (χ0v) is 9.15. The third-order valence-corrected chi connectivity index (χ3v) is 2.39. The van der Waals surface area contributed by atoms with E-state index in [9.17, 15) is 0 Å². The maximum Gasteiger partial charge on any atom is 0.144 e. The third kappa shape index (κ3) is 1.99. The van der Waals surface area contributed by atoms with Crippen molar-refractivity contribution in [3.05, 3.63) is 30.1 Å². The van der Waals surface area contributed by atoms with Gasteiger partial charge in [-0.05, 0) is 6.42 Å². The molecule has 0 atom stereocenters. The molecule has 2 rings (SSSR count). The smallest absolute Gasteiger partial charge is 0.144 e. The van der Waals surface area contributed by atoms with Crippen LogP contribution in [-0.4, -0.2) is 19.5 Å². The molecule has 0 N–H and O–H groups in total. The van der Waals surface area contributed by atoms with Crippen LogP contribution in [0.25, 0.3) is 11.4 Å². The van der Waals surface area contributed by atoms with Crippen LogP contribution < -0.4 is 0 Å². The van der Waals surface area contributed by atoms with E-state index < -0.39 is 0 Å². The SMILES string of the molecule is CCCn1ccnc1-c1cncnc1Cl. The van der Waals surface area contributed by atoms with E-state index >= 15 is 0 Å². The minimum absolute atomic E-state index is 0.438. The van der Waals surface area contributed by atoms with Crippen molar-refractivity contribution < 1.29 is 0 Å². The van der Waals surface area contributed by atoms with Crippen molar-refractivity contribution in [2.75, 3.05) is 0 Å². The highest BCUT2D eigenvalue weighted by atomic mass is 35.5. The average Bonchev–Trinajstić information content (AvgIpc) is 2.67. The van der Waals surface area contributed by atoms with E-state index in [0.717, 1.165) is 24.4 Å². The number of halogens is 1. The van der Waals surface area contributed by atoms with Gasteiger partial charge < -0.3 is 4.57 Å². The summed E-state index contributed by atoms with van der Waals surface area (Å²) in [6.07, 6.45) is 7.86. The molecule has 0 saturated carbocycles. The van der Waals surface area contributed by atoms with Crippen LogP contribution in [0.3, 0.4) is 0 Å². The van der Waals surface area contributed by atoms with Crippen LogP contribution in [0.2, 0.25) is 5.15 Å². The number of hydrogen-bond donors (Lipinski definition) is 0. The van der Waals surface area contributed by atoms with Gasteiger partial charge in [0, 0.05) is 25.1 Å². The number of aromatic nitrogens is 4. The van der Waals surface area contributed by atoms with E-state index in [1.54, 1.807) is 12.4 Å². The van der Waals surface area contributed by atoms with Gasteiger partial charge >= 0.3 is 0 Å². The van der Waals surface area contributed by atoms with Gasteiger partial charge in [0.05, 0.1) is 5.56 Å². The molecular weight excluding hydrogens is 212 g/mol. The number of rotatable bonds is 3. The van der Waals surface area contributed by atoms with Crippen LogP contribution in [0.5, 0.6) is 0 Å². The first-order chi connectivity index (χ1) is 7.33. The molecule has 0 radical (unpaired) electrons. The summed E-state index contributed by atoms with van der Waals surface area (Å²) in [5.41, 5.74) is 0.776. The molecule has 4 nitrogen and oxygen atoms in total. The third-order valence-electron chi connectivity index (χ3n) is 2.08. The molecule has 0 fully saturated rings. The monoisotopic (exact) mass is 222 g/mol. The van der Waals surface area contributed by atoms with Crippen LogP contribution in [0.4, 0.5) is 0 Å². The zero-order chi connectivity index (χ0) is 10.7. The van der Waals surface area contributed by atoms with Crippen molar-refractivity contribution >= 4 is 11.6 Å². The van der Waals surface area contributed by atoms with Crippen molar-refractivity contribution in [1.82, 2.24) is 19.5 Å². The Morgan fingerprint density at radius 2 is 2.27 bits per heavy atom. The van der Waals surface area contributed by atoms with Crippen molar-refractivity contribution in [1.29, 1.82) is 0 Å². The molecule has 0 aromatic carbocycles. The first-order valence-electron chi connectivity index (χ1n) is 4.80. The Balaban J connectivity index is 2.45. The van der Waals surface area contributed by atoms with Gasteiger partial charge in [0.1, 0.15) is 17.3 Å². The highest BCUT2D eigenvalue weighted by Gasteiger charge is 2.09. The normalized spacial score (nSPS) is 10.5. The molecule has 0 aliphatic heterocycles. The second-order valence-electron chi connectivity index (χ2n) is 3.17. The summed E-state index contributed by atoms with van der Waals surface area (Å²) in [6.45, 7) is 3.04. The Morgan fingerprint density at radius 3 is 3.00 bits per heavy atom. The van der Waals surface area contributed by atoms with Crippen molar-refractivity contribution in [3.8, 4) is 11.4 Å². The van der Waals surface area contributed by atoms with Gasteiger partial charge in [-0.2, -0.15) is 0 Å². The number of imidazole rings is 1. The van der Waals surface area contributed by atoms with Gasteiger partial charge in [0.2, 0.25) is 0 Å². The van der Waals surface area contributed by atoms with Gasteiger partial charge in [-0.25, -0.2) is 15.0 Å². The highest BCUT2D eigenvalue weighted by Crippen LogP contribution is 2.23. The topological polar surface area (TPSA) is 43.6 Å². The molecule has 0 unspecified atom stereocenters. The second kappa shape index (κ2) is 4.40. The summed E-state index contributed by atoms with van der Waals surface area (Å²) >= 11 is 5.98. The summed E-state index contributed by atoms with van der Waals surface area (Å²) in [7, 11) is 0. The maximum atomic E-state index is 5.98. The molecule has 0 amide bonds. The van der Waals surface area contributed by atoms with Gasteiger partial charge in [-0.15, -0.1) is 0 Å². The van der Waals surface area contributed by atoms with Crippen LogP contribution in [0.15, 0.2) is 24.9 Å². The fourth-order valence-corrected chi connectivity index (χ4v) is 1.62. The summed E-state index contributed by atoms with van der Waals surface area (Å²) in [5, 5.41) is 0.438. The average molecular weight is 223 g/mol. The van der Waals surface area contributed by atoms with Crippen LogP contribution in [0.1, 0.15) is 13.3 Å². The first-order valence-corrected chi connectivity index (χ1v) is 5.17. The maximum absolute atomic E-state index is 5.98. The molecule has 0 bridgehead atoms. The zero-order valence-electron chi connectivity index (χ0n) is 8.39. The molecule has 2 heterocycles. The minimum Gasteiger partial charge on any atom is -0.331 e. The Bertz CT molecular complexity index is 452. The van der Waals surface area contributed by atoms with E-state index in [0.29, 0.717) is 5.15 Å². The number of aryl methyl sites for hydroxylation is 1. The minimum atomic E-state index is 0.438. The summed E-state index contributed by atoms with van der Waals surface area (Å²) < 4.78 is 2.05. The summed E-state index contributed by atoms with van der Waals surface area (Å²) in [4.78, 5) is 12.2. The lowest BCUT2D eigenvalue weighted by atomic mass is 10.3. The quantitative estimate of drug-likeness (QED) is 0.749. The van der Waals surface area contributed by atoms with E-state index in [-0.39, 0.29) is 0 Å². The van der Waals surface area contributed by atoms with E-state index in [2.05, 4.69) is 21.9 Å². The lowest BCUT2D eigenvalue weighted by Gasteiger charge is -2.06. The van der Waals surface area contributed by atoms with Crippen molar-refractivity contribution in [3.63, 3.8) is 0 Å². The fourth-order valence-electron chi connectivity index (χ4n) is 1.44. The fraction of sp³-hybridized carbons (Fsp3) is 0.300. The van der Waals surface area contributed by atoms with Crippen LogP contribution >= 0.6 is 11.6 Å². The Kier molecular flexibility index (Phi) is 2.97. The van der Waals surface area contributed by atoms with Gasteiger partial charge in [-0.1, -0.05) is 18.5 Å². The van der Waals surface area contributed by atoms with Crippen molar-refractivity contribution in [2.24, 2.45) is 0 Å². The lowest BCUT2D eigenvalue weighted by molar-refractivity contribution is 0.685. The Hall–Kier alpha value is -1.42. The molecular formula is C10H11ClN4. The molecule has 15 heavy (non-hydrogen) atoms. The molecule has 0 saturated heterocycles. The van der Waals surface area contributed by atoms with Gasteiger partial charge in [-0.3, -0.25) is 0 Å². The van der Waals surface area contributed by atoms with Gasteiger partial charge in [0.15, 0.2) is 0 Å². The number of nitrogens with zero attached hydrogens (tertiary/aromatic N) is 4. The molecule has 78 valence electrons. The molecule has 0 aliphatic carbocycles. The summed E-state index contributed by atoms with van der Waals surface area (Å²) in [6, 6.07) is 0. The van der Waals surface area contributed by atoms with E-state index in [1.807, 2.05) is 10.8 Å². The Labute approximate surface area is 93.0 Å². The molecule has 5 heteroatoms. The molecule has 0 aliphatic rings. The van der Waals surface area contributed by atoms with Crippen molar-refractivity contribution in [2.45, 2.75) is 19.9 Å². The van der Waals surface area contributed by atoms with E-state index in [4.69, 9.17) is 11.6 Å². The highest BCUT2D eigenvalue weighted by molar-refractivity contribution is 6.31. The predicted molar refractivity (Wildman–Crippen MR) is 58.6 cm³/mol. The number of hydrogen-bond acceptors (Lipinski definition) is 3. The molecule has 2 aromatic rings. The van der Waals surface area contributed by atoms with Crippen LogP contribution in [0, 0.1) is 0 Å². The van der Waals surface area contributed by atoms with Gasteiger partial charge in [0.25, 0.3) is 0 Å². The Morgan fingerprint density at radius 1 is 1.40 bits per heavy atom. The summed E-state index contributed by atoms with van der Waals surface area (Å²) in [5.74, 6) is 0.822. The largest absolute Gasteiger partial charge is 0.331 e. The van der Waals surface area contributed by atoms with Crippen LogP contribution in [-0.2, 0) is 6.54 Å². The molecule has 0 spiro atoms. The standard InChI is InChI=1S/C10H11ClN4/c1-2-4-15-5-3-13-10(15)8-6-12-7-14-9(8)11/h3,5-7H,2,4H2,1H3. The first kappa shape index (κ1) is 10.1. The second-order valence-corrected chi connectivity index (χ2v) is 3.53. The lowest BCUT2D eigenvalue weighted by Crippen LogP contribution is -1.99. The van der Waals surface area contributed by atoms with E-state index in [1.165, 1.54) is 6.33 Å². The molecule has 2 aromatic heterocycles.